The van der Waals surface area contributed by atoms with Gasteiger partial charge in [-0.15, -0.1) is 0 Å². The first-order valence-corrected chi connectivity index (χ1v) is 3.35. The van der Waals surface area contributed by atoms with Crippen molar-refractivity contribution >= 4 is 36.0 Å². The number of nitrogens with two attached hydrogens (primary N) is 3. The summed E-state index contributed by atoms with van der Waals surface area (Å²) in [4.78, 5) is 38.6. The molecule has 0 fully saturated rings. The van der Waals surface area contributed by atoms with Crippen molar-refractivity contribution in [3.8, 4) is 0 Å². The molecule has 0 aromatic heterocycles. The van der Waals surface area contributed by atoms with Gasteiger partial charge in [0.1, 0.15) is 0 Å². The van der Waals surface area contributed by atoms with E-state index in [0.29, 0.717) is 0 Å². The molecule has 0 saturated heterocycles. The highest BCUT2D eigenvalue weighted by Crippen LogP contribution is 1.71. The molecule has 0 bridgehead atoms. The second-order valence-electron chi connectivity index (χ2n) is 1.65. The number of carbonyl (C=O) groups excluding carboxylic acids is 4. The van der Waals surface area contributed by atoms with E-state index in [9.17, 15) is 19.2 Å². The van der Waals surface area contributed by atoms with E-state index in [0.717, 1.165) is 0 Å². The lowest BCUT2D eigenvalue weighted by atomic mass is 10.9. The number of amides is 7. The van der Waals surface area contributed by atoms with Crippen molar-refractivity contribution in [3.63, 3.8) is 0 Å². The number of thiol groups is 1. The van der Waals surface area contributed by atoms with Crippen molar-refractivity contribution in [2.75, 3.05) is 0 Å². The quantitative estimate of drug-likeness (QED) is 0.273. The molecule has 0 atom stereocenters. The van der Waals surface area contributed by atoms with Gasteiger partial charge in [0.15, 0.2) is 0 Å². The molecular formula is C4H9N5O4S. The summed E-state index contributed by atoms with van der Waals surface area (Å²) in [5, 5.41) is 2.51. The molecule has 0 aromatic carbocycles. The molecule has 80 valence electrons. The Morgan fingerprint density at radius 3 is 1.07 bits per heavy atom. The lowest BCUT2D eigenvalue weighted by Crippen LogP contribution is -2.38. The van der Waals surface area contributed by atoms with Crippen LogP contribution in [-0.2, 0) is 0 Å². The number of carbonyl (C=O) groups is 4. The van der Waals surface area contributed by atoms with Crippen LogP contribution in [0.5, 0.6) is 0 Å². The second kappa shape index (κ2) is 7.67. The number of rotatable bonds is 0. The van der Waals surface area contributed by atoms with Crippen molar-refractivity contribution in [2.24, 2.45) is 17.2 Å². The average molecular weight is 223 g/mol. The average Bonchev–Trinajstić information content (AvgIpc) is 1.79. The van der Waals surface area contributed by atoms with Crippen LogP contribution in [0.3, 0.4) is 0 Å². The van der Waals surface area contributed by atoms with Crippen molar-refractivity contribution in [2.45, 2.75) is 0 Å². The van der Waals surface area contributed by atoms with Gasteiger partial charge in [0.2, 0.25) is 0 Å². The van der Waals surface area contributed by atoms with Gasteiger partial charge in [0.05, 0.1) is 0 Å². The maximum absolute atomic E-state index is 9.71. The molecule has 7 amide bonds. The standard InChI is InChI=1S/C2H5N3O2.C2H4N2O2S/c3-1(6)5-2(4)7;3-1(5)4-2(6)7/h(H5,3,4,5,6,7);(H4,3,4,5,6,7). The maximum Gasteiger partial charge on any atom is 0.320 e. The molecular weight excluding hydrogens is 214 g/mol. The number of nitrogens with one attached hydrogen (secondary N) is 2. The molecule has 0 aromatic rings. The van der Waals surface area contributed by atoms with Gasteiger partial charge in [-0.1, -0.05) is 12.6 Å². The van der Waals surface area contributed by atoms with Crippen molar-refractivity contribution in [1.29, 1.82) is 0 Å². The molecule has 0 aliphatic heterocycles. The van der Waals surface area contributed by atoms with Gasteiger partial charge in [-0.3, -0.25) is 15.4 Å². The first-order valence-electron chi connectivity index (χ1n) is 2.91. The van der Waals surface area contributed by atoms with Crippen LogP contribution >= 0.6 is 12.6 Å². The smallest absolute Gasteiger partial charge is 0.320 e. The molecule has 0 rings (SSSR count). The summed E-state index contributed by atoms with van der Waals surface area (Å²) in [6.45, 7) is 0. The largest absolute Gasteiger partial charge is 0.351 e. The van der Waals surface area contributed by atoms with Crippen LogP contribution in [0, 0.1) is 0 Å². The van der Waals surface area contributed by atoms with Crippen LogP contribution in [0.2, 0.25) is 0 Å². The van der Waals surface area contributed by atoms with Crippen LogP contribution in [-0.4, -0.2) is 23.3 Å². The van der Waals surface area contributed by atoms with E-state index in [1.807, 2.05) is 0 Å². The highest BCUT2D eigenvalue weighted by molar-refractivity contribution is 7.96. The van der Waals surface area contributed by atoms with Crippen LogP contribution in [0.4, 0.5) is 19.2 Å². The van der Waals surface area contributed by atoms with E-state index in [1.54, 1.807) is 10.6 Å². The zero-order valence-electron chi connectivity index (χ0n) is 6.81. The summed E-state index contributed by atoms with van der Waals surface area (Å²) in [6.07, 6.45) is 0. The lowest BCUT2D eigenvalue weighted by Gasteiger charge is -1.88. The molecule has 0 aliphatic carbocycles. The number of imide groups is 2. The number of hydrogen-bond donors (Lipinski definition) is 6. The third-order valence-electron chi connectivity index (χ3n) is 0.477. The monoisotopic (exact) mass is 223 g/mol. The van der Waals surface area contributed by atoms with Gasteiger partial charge in [-0.05, 0) is 0 Å². The highest BCUT2D eigenvalue weighted by Gasteiger charge is 1.92. The zero-order valence-corrected chi connectivity index (χ0v) is 7.71. The Morgan fingerprint density at radius 1 is 0.786 bits per heavy atom. The Kier molecular flexibility index (Phi) is 7.97. The fourth-order valence-corrected chi connectivity index (χ4v) is 0.337. The molecule has 14 heavy (non-hydrogen) atoms. The Bertz CT molecular complexity index is 204. The van der Waals surface area contributed by atoms with Crippen molar-refractivity contribution < 1.29 is 19.2 Å². The molecule has 0 spiro atoms. The van der Waals surface area contributed by atoms with E-state index in [4.69, 9.17) is 0 Å². The zero-order chi connectivity index (χ0) is 11.7. The van der Waals surface area contributed by atoms with Crippen molar-refractivity contribution in [1.82, 2.24) is 10.6 Å². The second-order valence-corrected chi connectivity index (χ2v) is 2.05. The fraction of sp³-hybridized carbons (Fsp3) is 0. The lowest BCUT2D eigenvalue weighted by molar-refractivity contribution is 0.236. The molecule has 0 unspecified atom stereocenters. The Hall–Kier alpha value is -1.97. The molecule has 0 radical (unpaired) electrons. The highest BCUT2D eigenvalue weighted by atomic mass is 32.1. The first-order chi connectivity index (χ1) is 6.25. The molecule has 0 saturated carbocycles. The van der Waals surface area contributed by atoms with E-state index in [1.165, 1.54) is 0 Å². The van der Waals surface area contributed by atoms with Crippen LogP contribution in [0.25, 0.3) is 0 Å². The van der Waals surface area contributed by atoms with Gasteiger partial charge < -0.3 is 17.2 Å². The normalized spacial score (nSPS) is 7.50. The molecule has 8 N–H and O–H groups in total. The van der Waals surface area contributed by atoms with Crippen LogP contribution in [0.15, 0.2) is 0 Å². The van der Waals surface area contributed by atoms with E-state index < -0.39 is 23.3 Å². The summed E-state index contributed by atoms with van der Waals surface area (Å²) in [7, 11) is 0. The van der Waals surface area contributed by atoms with Crippen molar-refractivity contribution in [3.05, 3.63) is 0 Å². The molecule has 10 heteroatoms. The first kappa shape index (κ1) is 14.5. The van der Waals surface area contributed by atoms with E-state index in [-0.39, 0.29) is 0 Å². The molecule has 0 aliphatic rings. The number of primary amides is 3. The topological polar surface area (TPSA) is 170 Å². The SMILES string of the molecule is NC(=O)NC(=O)S.NC(=O)NC(N)=O. The Labute approximate surface area is 83.8 Å². The summed E-state index contributed by atoms with van der Waals surface area (Å²) in [6, 6.07) is -2.76. The van der Waals surface area contributed by atoms with E-state index >= 15 is 0 Å². The Morgan fingerprint density at radius 2 is 1.07 bits per heavy atom. The van der Waals surface area contributed by atoms with Gasteiger partial charge in [-0.2, -0.15) is 0 Å². The summed E-state index contributed by atoms with van der Waals surface area (Å²) < 4.78 is 0. The minimum Gasteiger partial charge on any atom is -0.351 e. The molecule has 0 heterocycles. The minimum absolute atomic E-state index is 0.743. The van der Waals surface area contributed by atoms with Gasteiger partial charge in [0, 0.05) is 0 Å². The molecule has 9 nitrogen and oxygen atoms in total. The predicted octanol–water partition coefficient (Wildman–Crippen LogP) is -1.56. The van der Waals surface area contributed by atoms with Gasteiger partial charge in [-0.25, -0.2) is 14.4 Å². The summed E-state index contributed by atoms with van der Waals surface area (Å²) in [5.41, 5.74) is 13.4. The number of hydrogen-bond acceptors (Lipinski definition) is 4. The van der Waals surface area contributed by atoms with Crippen LogP contribution in [0.1, 0.15) is 0 Å². The van der Waals surface area contributed by atoms with Gasteiger partial charge in [0.25, 0.3) is 5.24 Å². The summed E-state index contributed by atoms with van der Waals surface area (Å²) in [5.74, 6) is 0. The van der Waals surface area contributed by atoms with E-state index in [2.05, 4.69) is 29.8 Å². The fourth-order valence-electron chi connectivity index (χ4n) is 0.227. The van der Waals surface area contributed by atoms with Gasteiger partial charge >= 0.3 is 18.1 Å². The third kappa shape index (κ3) is 22.5. The Balaban J connectivity index is 0. The third-order valence-corrected chi connectivity index (χ3v) is 0.588. The van der Waals surface area contributed by atoms with Crippen LogP contribution < -0.4 is 27.8 Å². The number of urea groups is 3. The maximum atomic E-state index is 9.71. The minimum atomic E-state index is -0.938. The predicted molar refractivity (Wildman–Crippen MR) is 49.4 cm³/mol. The summed E-state index contributed by atoms with van der Waals surface area (Å²) >= 11 is 3.19.